The number of hydrogen-bond acceptors (Lipinski definition) is 7. The molecule has 0 aliphatic carbocycles. The molecule has 3 aromatic rings. The molecule has 1 aromatic carbocycles. The topological polar surface area (TPSA) is 68.5 Å². The summed E-state index contributed by atoms with van der Waals surface area (Å²) in [4.78, 5) is 14.8. The molecule has 0 unspecified atom stereocenters. The van der Waals surface area contributed by atoms with E-state index in [2.05, 4.69) is 22.0 Å². The molecular weight excluding hydrogens is 350 g/mol. The zero-order valence-corrected chi connectivity index (χ0v) is 15.7. The van der Waals surface area contributed by atoms with Crippen molar-refractivity contribution in [3.63, 3.8) is 0 Å². The molecule has 0 bridgehead atoms. The van der Waals surface area contributed by atoms with Gasteiger partial charge in [-0.15, -0.1) is 21.5 Å². The highest BCUT2D eigenvalue weighted by atomic mass is 32.1. The van der Waals surface area contributed by atoms with Crippen molar-refractivity contribution in [2.24, 2.45) is 0 Å². The highest BCUT2D eigenvalue weighted by Gasteiger charge is 2.14. The SMILES string of the molecule is CCCN(Cc1ccc(C(=O)OC)cc1)Cc1nnc(-c2cccs2)o1. The van der Waals surface area contributed by atoms with Crippen molar-refractivity contribution < 1.29 is 13.9 Å². The van der Waals surface area contributed by atoms with Crippen molar-refractivity contribution in [3.8, 4) is 10.8 Å². The summed E-state index contributed by atoms with van der Waals surface area (Å²) < 4.78 is 10.5. The van der Waals surface area contributed by atoms with Crippen LogP contribution in [0.2, 0.25) is 0 Å². The summed E-state index contributed by atoms with van der Waals surface area (Å²) in [7, 11) is 1.38. The molecule has 0 amide bonds. The molecule has 6 nitrogen and oxygen atoms in total. The zero-order valence-electron chi connectivity index (χ0n) is 14.8. The second-order valence-electron chi connectivity index (χ2n) is 5.88. The number of esters is 1. The van der Waals surface area contributed by atoms with E-state index in [1.165, 1.54) is 7.11 Å². The van der Waals surface area contributed by atoms with E-state index in [-0.39, 0.29) is 5.97 Å². The van der Waals surface area contributed by atoms with Crippen LogP contribution >= 0.6 is 11.3 Å². The van der Waals surface area contributed by atoms with Crippen LogP contribution in [0.15, 0.2) is 46.2 Å². The summed E-state index contributed by atoms with van der Waals surface area (Å²) in [6.07, 6.45) is 1.02. The molecule has 0 radical (unpaired) electrons. The lowest BCUT2D eigenvalue weighted by atomic mass is 10.1. The predicted molar refractivity (Wildman–Crippen MR) is 99.8 cm³/mol. The Bertz CT molecular complexity index is 828. The van der Waals surface area contributed by atoms with Crippen LogP contribution in [0.25, 0.3) is 10.8 Å². The van der Waals surface area contributed by atoms with Gasteiger partial charge in [0.2, 0.25) is 5.89 Å². The number of thiophene rings is 1. The second kappa shape index (κ2) is 8.73. The molecule has 0 aliphatic heterocycles. The molecule has 0 spiro atoms. The fourth-order valence-corrected chi connectivity index (χ4v) is 3.31. The second-order valence-corrected chi connectivity index (χ2v) is 6.83. The highest BCUT2D eigenvalue weighted by Crippen LogP contribution is 2.23. The number of benzene rings is 1. The molecule has 0 fully saturated rings. The summed E-state index contributed by atoms with van der Waals surface area (Å²) in [6.45, 7) is 4.38. The first-order chi connectivity index (χ1) is 12.7. The van der Waals surface area contributed by atoms with Gasteiger partial charge in [0, 0.05) is 6.54 Å². The van der Waals surface area contributed by atoms with E-state index in [4.69, 9.17) is 9.15 Å². The quantitative estimate of drug-likeness (QED) is 0.558. The maximum Gasteiger partial charge on any atom is 0.337 e. The average Bonchev–Trinajstić information content (AvgIpc) is 3.33. The van der Waals surface area contributed by atoms with Crippen molar-refractivity contribution in [1.82, 2.24) is 15.1 Å². The molecule has 136 valence electrons. The lowest BCUT2D eigenvalue weighted by Gasteiger charge is -2.19. The number of methoxy groups -OCH3 is 1. The predicted octanol–water partition coefficient (Wildman–Crippen LogP) is 4.00. The molecule has 2 aromatic heterocycles. The number of rotatable bonds is 8. The summed E-state index contributed by atoms with van der Waals surface area (Å²) in [6, 6.07) is 11.4. The Morgan fingerprint density at radius 3 is 2.65 bits per heavy atom. The molecular formula is C19H21N3O3S. The summed E-state index contributed by atoms with van der Waals surface area (Å²) >= 11 is 1.58. The summed E-state index contributed by atoms with van der Waals surface area (Å²) in [5.41, 5.74) is 1.67. The lowest BCUT2D eigenvalue weighted by Crippen LogP contribution is -2.23. The van der Waals surface area contributed by atoms with Gasteiger partial charge in [0.25, 0.3) is 5.89 Å². The van der Waals surface area contributed by atoms with Crippen molar-refractivity contribution >= 4 is 17.3 Å². The first-order valence-electron chi connectivity index (χ1n) is 8.45. The molecule has 0 saturated heterocycles. The smallest absolute Gasteiger partial charge is 0.337 e. The van der Waals surface area contributed by atoms with Crippen LogP contribution in [0, 0.1) is 0 Å². The van der Waals surface area contributed by atoms with Crippen LogP contribution in [0.5, 0.6) is 0 Å². The van der Waals surface area contributed by atoms with Crippen LogP contribution < -0.4 is 0 Å². The minimum Gasteiger partial charge on any atom is -0.465 e. The Balaban J connectivity index is 1.66. The maximum absolute atomic E-state index is 11.5. The molecule has 0 atom stereocenters. The Kier molecular flexibility index (Phi) is 6.14. The molecule has 26 heavy (non-hydrogen) atoms. The van der Waals surface area contributed by atoms with Gasteiger partial charge >= 0.3 is 5.97 Å². The van der Waals surface area contributed by atoms with Gasteiger partial charge in [-0.25, -0.2) is 4.79 Å². The van der Waals surface area contributed by atoms with Crippen LogP contribution in [0.1, 0.15) is 35.2 Å². The number of nitrogens with zero attached hydrogens (tertiary/aromatic N) is 3. The van der Waals surface area contributed by atoms with Crippen LogP contribution in [0.3, 0.4) is 0 Å². The van der Waals surface area contributed by atoms with Crippen LogP contribution in [-0.2, 0) is 17.8 Å². The number of hydrogen-bond donors (Lipinski definition) is 0. The number of aromatic nitrogens is 2. The Morgan fingerprint density at radius 1 is 1.19 bits per heavy atom. The minimum atomic E-state index is -0.325. The Morgan fingerprint density at radius 2 is 2.00 bits per heavy atom. The zero-order chi connectivity index (χ0) is 18.4. The normalized spacial score (nSPS) is 11.0. The molecule has 2 heterocycles. The van der Waals surface area contributed by atoms with E-state index in [1.807, 2.05) is 29.6 Å². The average molecular weight is 371 g/mol. The van der Waals surface area contributed by atoms with Gasteiger partial charge in [-0.2, -0.15) is 0 Å². The van der Waals surface area contributed by atoms with Crippen LogP contribution in [0.4, 0.5) is 0 Å². The Hall–Kier alpha value is -2.51. The van der Waals surface area contributed by atoms with E-state index in [0.717, 1.165) is 30.0 Å². The summed E-state index contributed by atoms with van der Waals surface area (Å²) in [5, 5.41) is 10.3. The molecule has 3 rings (SSSR count). The first-order valence-corrected chi connectivity index (χ1v) is 9.33. The number of carbonyl (C=O) groups is 1. The third kappa shape index (κ3) is 4.56. The van der Waals surface area contributed by atoms with Crippen molar-refractivity contribution in [2.75, 3.05) is 13.7 Å². The van der Waals surface area contributed by atoms with E-state index in [0.29, 0.717) is 23.9 Å². The largest absolute Gasteiger partial charge is 0.465 e. The first kappa shape index (κ1) is 18.3. The molecule has 0 aliphatic rings. The van der Waals surface area contributed by atoms with E-state index in [1.54, 1.807) is 23.5 Å². The summed E-state index contributed by atoms with van der Waals surface area (Å²) in [5.74, 6) is 0.843. The fraction of sp³-hybridized carbons (Fsp3) is 0.316. The van der Waals surface area contributed by atoms with E-state index >= 15 is 0 Å². The fourth-order valence-electron chi connectivity index (χ4n) is 2.66. The third-order valence-electron chi connectivity index (χ3n) is 3.88. The molecule has 7 heteroatoms. The maximum atomic E-state index is 11.5. The van der Waals surface area contributed by atoms with Crippen molar-refractivity contribution in [2.45, 2.75) is 26.4 Å². The van der Waals surface area contributed by atoms with E-state index < -0.39 is 0 Å². The number of carbonyl (C=O) groups excluding carboxylic acids is 1. The number of ether oxygens (including phenoxy) is 1. The van der Waals surface area contributed by atoms with Gasteiger partial charge in [0.15, 0.2) is 0 Å². The minimum absolute atomic E-state index is 0.325. The van der Waals surface area contributed by atoms with Gasteiger partial charge in [0.1, 0.15) is 0 Å². The van der Waals surface area contributed by atoms with Gasteiger partial charge < -0.3 is 9.15 Å². The molecule has 0 saturated carbocycles. The Labute approximate surface area is 156 Å². The monoisotopic (exact) mass is 371 g/mol. The standard InChI is InChI=1S/C19H21N3O3S/c1-3-10-22(12-14-6-8-15(9-7-14)19(23)24-2)13-17-20-21-18(25-17)16-5-4-11-26-16/h4-9,11H,3,10,12-13H2,1-2H3. The molecule has 0 N–H and O–H groups in total. The van der Waals surface area contributed by atoms with Gasteiger partial charge in [-0.3, -0.25) is 4.90 Å². The van der Waals surface area contributed by atoms with Gasteiger partial charge in [-0.05, 0) is 42.1 Å². The highest BCUT2D eigenvalue weighted by molar-refractivity contribution is 7.13. The van der Waals surface area contributed by atoms with Gasteiger partial charge in [0.05, 0.1) is 24.1 Å². The van der Waals surface area contributed by atoms with E-state index in [9.17, 15) is 4.79 Å². The lowest BCUT2D eigenvalue weighted by molar-refractivity contribution is 0.0600. The van der Waals surface area contributed by atoms with Crippen LogP contribution in [-0.4, -0.2) is 34.7 Å². The third-order valence-corrected chi connectivity index (χ3v) is 4.74. The van der Waals surface area contributed by atoms with Gasteiger partial charge in [-0.1, -0.05) is 25.1 Å². The van der Waals surface area contributed by atoms with Crippen molar-refractivity contribution in [3.05, 3.63) is 58.8 Å². The van der Waals surface area contributed by atoms with Crippen molar-refractivity contribution in [1.29, 1.82) is 0 Å².